The molecule has 5 heterocycles. The minimum Gasteiger partial charge on any atom is -0.463 e. The van der Waals surface area contributed by atoms with Crippen LogP contribution in [0.4, 0.5) is 10.5 Å². The molecule has 2 aromatic heterocycles. The number of nitrogens with zero attached hydrogens (tertiary/aromatic N) is 3. The molecule has 2 bridgehead atoms. The zero-order valence-electron chi connectivity index (χ0n) is 17.1. The Balaban J connectivity index is 1.21. The van der Waals surface area contributed by atoms with Gasteiger partial charge in [-0.2, -0.15) is 5.10 Å². The van der Waals surface area contributed by atoms with Crippen LogP contribution >= 0.6 is 0 Å². The number of carbonyl (C=O) groups is 1. The van der Waals surface area contributed by atoms with Crippen molar-refractivity contribution in [1.82, 2.24) is 20.0 Å². The smallest absolute Gasteiger partial charge is 0.319 e. The number of aromatic nitrogens is 2. The molecule has 3 saturated heterocycles. The highest BCUT2D eigenvalue weighted by Gasteiger charge is 2.41. The standard InChI is InChI=1S/C23H27N5O2/c1-27-21(13-20(26-27)22-8-5-11-30-22)19-15-28-10-9-16(19)12-18(28)14-24-23(29)25-17-6-3-2-4-7-17/h2-8,11,13,16,18-19H,9-10,12,14-15H2,1H3,(H2,24,25,29)/t16-,18+,19-/m0/s1. The average Bonchev–Trinajstić information content (AvgIpc) is 3.43. The number of urea groups is 1. The van der Waals surface area contributed by atoms with Crippen molar-refractivity contribution < 1.29 is 9.21 Å². The van der Waals surface area contributed by atoms with Crippen molar-refractivity contribution in [2.24, 2.45) is 13.0 Å². The summed E-state index contributed by atoms with van der Waals surface area (Å²) in [6, 6.07) is 15.8. The summed E-state index contributed by atoms with van der Waals surface area (Å²) in [7, 11) is 2.02. The molecule has 156 valence electrons. The molecule has 1 aromatic carbocycles. The first-order valence-corrected chi connectivity index (χ1v) is 10.6. The molecule has 3 aliphatic heterocycles. The van der Waals surface area contributed by atoms with E-state index in [0.29, 0.717) is 24.4 Å². The van der Waals surface area contributed by atoms with Crippen LogP contribution in [0, 0.1) is 5.92 Å². The number of piperidine rings is 3. The molecule has 30 heavy (non-hydrogen) atoms. The minimum atomic E-state index is -0.143. The summed E-state index contributed by atoms with van der Waals surface area (Å²) in [5, 5.41) is 10.6. The van der Waals surface area contributed by atoms with E-state index in [9.17, 15) is 4.79 Å². The Kier molecular flexibility index (Phi) is 5.04. The molecular formula is C23H27N5O2. The van der Waals surface area contributed by atoms with Gasteiger partial charge in [0.05, 0.1) is 6.26 Å². The Morgan fingerprint density at radius 2 is 2.10 bits per heavy atom. The number of nitrogens with one attached hydrogen (secondary N) is 2. The molecule has 0 radical (unpaired) electrons. The molecule has 3 aromatic rings. The second-order valence-corrected chi connectivity index (χ2v) is 8.30. The highest BCUT2D eigenvalue weighted by Crippen LogP contribution is 2.42. The predicted molar refractivity (Wildman–Crippen MR) is 115 cm³/mol. The van der Waals surface area contributed by atoms with E-state index in [4.69, 9.17) is 4.42 Å². The number of hydrogen-bond acceptors (Lipinski definition) is 4. The summed E-state index contributed by atoms with van der Waals surface area (Å²) >= 11 is 0. The maximum Gasteiger partial charge on any atom is 0.319 e. The molecule has 7 heteroatoms. The lowest BCUT2D eigenvalue weighted by molar-refractivity contribution is 0.0296. The Morgan fingerprint density at radius 3 is 2.83 bits per heavy atom. The second kappa shape index (κ2) is 7.99. The van der Waals surface area contributed by atoms with E-state index < -0.39 is 0 Å². The number of aryl methyl sites for hydroxylation is 1. The number of anilines is 1. The minimum absolute atomic E-state index is 0.143. The quantitative estimate of drug-likeness (QED) is 0.679. The van der Waals surface area contributed by atoms with Crippen molar-refractivity contribution >= 4 is 11.7 Å². The zero-order valence-corrected chi connectivity index (χ0v) is 17.1. The van der Waals surface area contributed by atoms with Gasteiger partial charge in [0.25, 0.3) is 0 Å². The first-order valence-electron chi connectivity index (χ1n) is 10.6. The monoisotopic (exact) mass is 405 g/mol. The van der Waals surface area contributed by atoms with Gasteiger partial charge in [0.2, 0.25) is 0 Å². The van der Waals surface area contributed by atoms with Gasteiger partial charge in [-0.05, 0) is 55.6 Å². The van der Waals surface area contributed by atoms with Gasteiger partial charge in [-0.25, -0.2) is 4.79 Å². The molecule has 0 spiro atoms. The summed E-state index contributed by atoms with van der Waals surface area (Å²) in [5.41, 5.74) is 2.97. The highest BCUT2D eigenvalue weighted by molar-refractivity contribution is 5.89. The van der Waals surface area contributed by atoms with Crippen molar-refractivity contribution in [2.45, 2.75) is 24.8 Å². The average molecular weight is 406 g/mol. The topological polar surface area (TPSA) is 75.3 Å². The molecule has 3 aliphatic rings. The number of furan rings is 1. The maximum absolute atomic E-state index is 12.2. The van der Waals surface area contributed by atoms with Gasteiger partial charge in [0.1, 0.15) is 5.69 Å². The number of amides is 2. The molecule has 2 amide bonds. The van der Waals surface area contributed by atoms with E-state index >= 15 is 0 Å². The van der Waals surface area contributed by atoms with E-state index in [0.717, 1.165) is 36.7 Å². The summed E-state index contributed by atoms with van der Waals surface area (Å²) in [6.07, 6.45) is 3.97. The van der Waals surface area contributed by atoms with Gasteiger partial charge in [0.15, 0.2) is 5.76 Å². The molecule has 2 N–H and O–H groups in total. The SMILES string of the molecule is Cn1nc(-c2ccco2)cc1[C@H]1CN2CC[C@H]1C[C@@H]2CNC(=O)Nc1ccccc1. The van der Waals surface area contributed by atoms with Crippen LogP contribution in [0.2, 0.25) is 0 Å². The highest BCUT2D eigenvalue weighted by atomic mass is 16.3. The lowest BCUT2D eigenvalue weighted by Gasteiger charge is -2.49. The lowest BCUT2D eigenvalue weighted by Crippen LogP contribution is -2.56. The van der Waals surface area contributed by atoms with Crippen molar-refractivity contribution in [1.29, 1.82) is 0 Å². The number of rotatable bonds is 5. The number of carbonyl (C=O) groups excluding carboxylic acids is 1. The summed E-state index contributed by atoms with van der Waals surface area (Å²) in [4.78, 5) is 14.8. The van der Waals surface area contributed by atoms with Crippen molar-refractivity contribution in [3.63, 3.8) is 0 Å². The zero-order chi connectivity index (χ0) is 20.5. The summed E-state index contributed by atoms with van der Waals surface area (Å²) in [5.74, 6) is 1.89. The Morgan fingerprint density at radius 1 is 1.23 bits per heavy atom. The first kappa shape index (κ1) is 18.9. The Hall–Kier alpha value is -3.06. The van der Waals surface area contributed by atoms with E-state index in [2.05, 4.69) is 26.7 Å². The van der Waals surface area contributed by atoms with Crippen LogP contribution in [-0.2, 0) is 7.05 Å². The Labute approximate surface area is 176 Å². The van der Waals surface area contributed by atoms with Gasteiger partial charge in [-0.3, -0.25) is 9.58 Å². The maximum atomic E-state index is 12.2. The molecule has 0 saturated carbocycles. The van der Waals surface area contributed by atoms with Crippen LogP contribution in [-0.4, -0.2) is 46.4 Å². The fourth-order valence-corrected chi connectivity index (χ4v) is 4.97. The van der Waals surface area contributed by atoms with E-state index in [1.54, 1.807) is 6.26 Å². The fraction of sp³-hybridized carbons (Fsp3) is 0.391. The van der Waals surface area contributed by atoms with Gasteiger partial charge < -0.3 is 15.1 Å². The molecule has 3 fully saturated rings. The van der Waals surface area contributed by atoms with Gasteiger partial charge in [-0.15, -0.1) is 0 Å². The molecule has 6 rings (SSSR count). The Bertz CT molecular complexity index is 998. The van der Waals surface area contributed by atoms with Crippen LogP contribution in [0.1, 0.15) is 24.5 Å². The molecule has 1 unspecified atom stereocenters. The largest absolute Gasteiger partial charge is 0.463 e. The normalized spacial score (nSPS) is 25.2. The molecule has 7 nitrogen and oxygen atoms in total. The molecule has 0 aliphatic carbocycles. The third-order valence-electron chi connectivity index (χ3n) is 6.48. The van der Waals surface area contributed by atoms with Crippen LogP contribution < -0.4 is 10.6 Å². The lowest BCUT2D eigenvalue weighted by atomic mass is 9.74. The van der Waals surface area contributed by atoms with Crippen LogP contribution in [0.5, 0.6) is 0 Å². The summed E-state index contributed by atoms with van der Waals surface area (Å²) < 4.78 is 7.52. The van der Waals surface area contributed by atoms with E-state index in [1.165, 1.54) is 12.1 Å². The van der Waals surface area contributed by atoms with Crippen LogP contribution in [0.3, 0.4) is 0 Å². The number of para-hydroxylation sites is 1. The number of hydrogen-bond donors (Lipinski definition) is 2. The van der Waals surface area contributed by atoms with Crippen molar-refractivity contribution in [3.05, 3.63) is 60.5 Å². The third kappa shape index (κ3) is 3.73. The third-order valence-corrected chi connectivity index (χ3v) is 6.48. The van der Waals surface area contributed by atoms with E-state index in [-0.39, 0.29) is 6.03 Å². The fourth-order valence-electron chi connectivity index (χ4n) is 4.97. The van der Waals surface area contributed by atoms with Gasteiger partial charge in [-0.1, -0.05) is 18.2 Å². The number of fused-ring (bicyclic) bond motifs is 3. The van der Waals surface area contributed by atoms with Crippen molar-refractivity contribution in [3.8, 4) is 11.5 Å². The van der Waals surface area contributed by atoms with Crippen LogP contribution in [0.15, 0.2) is 59.2 Å². The van der Waals surface area contributed by atoms with Gasteiger partial charge in [0, 0.05) is 43.5 Å². The second-order valence-electron chi connectivity index (χ2n) is 8.30. The summed E-state index contributed by atoms with van der Waals surface area (Å²) in [6.45, 7) is 2.77. The predicted octanol–water partition coefficient (Wildman–Crippen LogP) is 3.68. The molecule has 4 atom stereocenters. The van der Waals surface area contributed by atoms with Crippen LogP contribution in [0.25, 0.3) is 11.5 Å². The van der Waals surface area contributed by atoms with Gasteiger partial charge >= 0.3 is 6.03 Å². The molecular weight excluding hydrogens is 378 g/mol. The van der Waals surface area contributed by atoms with E-state index in [1.807, 2.05) is 54.2 Å². The number of benzene rings is 1. The van der Waals surface area contributed by atoms with Crippen molar-refractivity contribution in [2.75, 3.05) is 25.0 Å². The first-order chi connectivity index (χ1) is 14.7.